The lowest BCUT2D eigenvalue weighted by molar-refractivity contribution is -0.127. The number of hydrogen-bond donors (Lipinski definition) is 0. The van der Waals surface area contributed by atoms with Crippen LogP contribution in [0.15, 0.2) is 0 Å². The molecule has 0 aromatic heterocycles. The average molecular weight is 1150 g/mol. The molecule has 8 bridgehead atoms. The van der Waals surface area contributed by atoms with E-state index in [-0.39, 0.29) is 79.4 Å². The molecule has 76 heavy (non-hydrogen) atoms. The van der Waals surface area contributed by atoms with Gasteiger partial charge in [-0.2, -0.15) is 0 Å². The maximum Gasteiger partial charge on any atom is 0.502 e. The lowest BCUT2D eigenvalue weighted by Crippen LogP contribution is -2.64. The third-order valence-electron chi connectivity index (χ3n) is 15.2. The highest BCUT2D eigenvalue weighted by Gasteiger charge is 2.54. The molecule has 0 spiro atoms. The minimum Gasteiger partial charge on any atom is -0.379 e. The first-order valence-electron chi connectivity index (χ1n) is 29.5. The van der Waals surface area contributed by atoms with E-state index in [1.165, 1.54) is 0 Å². The molecule has 13 rings (SSSR count). The molecular formula is C51H98N4O17Si4. The molecule has 0 saturated carbocycles. The second-order valence-corrected chi connectivity index (χ2v) is 34.1. The molecule has 13 unspecified atom stereocenters. The zero-order chi connectivity index (χ0) is 53.3. The summed E-state index contributed by atoms with van der Waals surface area (Å²) in [6.45, 7) is 33.7. The number of ether oxygens (including phenoxy) is 5. The van der Waals surface area contributed by atoms with E-state index in [0.717, 1.165) is 84.8 Å². The standard InChI is InChI=1S/C51H98N4O17Si4/c1-39-22-52-23-40(2)62-73(61-39,63-41(3)24-52)18-10-14-56-34-48-31-55-32-49(35-57-15-11-19-74-64-42(4)25-53(26-43(5)65-74)27-44(6)66-74)71-76(70-48,21-13-17-59-37-51-38-60-51)72-50(33-55)36-58-16-12-20-75-67-45(7)28-54(29-46(8)68-75)30-47(9)69-75/h39-51H,10-38H2,1-9H3. The molecule has 13 saturated heterocycles. The molecule has 0 amide bonds. The van der Waals surface area contributed by atoms with Crippen LogP contribution in [0.5, 0.6) is 0 Å². The molecule has 25 heteroatoms. The number of rotatable bonds is 24. The van der Waals surface area contributed by atoms with Crippen LogP contribution in [0.1, 0.15) is 88.0 Å². The number of epoxide rings is 1. The second kappa shape index (κ2) is 28.1. The number of fused-ring (bicyclic) bond motifs is 24. The summed E-state index contributed by atoms with van der Waals surface area (Å²) < 4.78 is 113. The zero-order valence-electron chi connectivity index (χ0n) is 47.7. The van der Waals surface area contributed by atoms with Gasteiger partial charge in [0, 0.05) is 129 Å². The largest absolute Gasteiger partial charge is 0.502 e. The molecule has 13 atom stereocenters. The third kappa shape index (κ3) is 18.3. The third-order valence-corrected chi connectivity index (χ3v) is 28.0. The SMILES string of the molecule is CC1CN2CC(C)O[Si](CCCOCC3CN4CC(COCCC[Si]56OC(C)CN(CC(C)O5)CC(C)O6)O[Si](CCCOCC5CO5)(O3)OC(COCCC[Si]35OC(C)CN(CC(C)O3)CC(C)O5)C4)(O1)OC(C)C2. The highest BCUT2D eigenvalue weighted by Crippen LogP contribution is 2.34. The van der Waals surface area contributed by atoms with Gasteiger partial charge in [0.1, 0.15) is 6.10 Å². The summed E-state index contributed by atoms with van der Waals surface area (Å²) in [7, 11) is -12.3. The molecule has 0 aliphatic carbocycles. The fraction of sp³-hybridized carbons (Fsp3) is 1.00. The van der Waals surface area contributed by atoms with Crippen molar-refractivity contribution >= 4 is 35.2 Å². The Labute approximate surface area is 459 Å². The van der Waals surface area contributed by atoms with Crippen molar-refractivity contribution in [1.29, 1.82) is 0 Å². The summed E-state index contributed by atoms with van der Waals surface area (Å²) in [6.07, 6.45) is 2.66. The summed E-state index contributed by atoms with van der Waals surface area (Å²) in [5, 5.41) is 0. The van der Waals surface area contributed by atoms with Crippen molar-refractivity contribution in [2.75, 3.05) is 138 Å². The van der Waals surface area contributed by atoms with E-state index < -0.39 is 35.2 Å². The lowest BCUT2D eigenvalue weighted by Gasteiger charge is -2.47. The van der Waals surface area contributed by atoms with Crippen LogP contribution in [0.2, 0.25) is 24.2 Å². The molecule has 0 N–H and O–H groups in total. The maximum atomic E-state index is 7.26. The van der Waals surface area contributed by atoms with Crippen LogP contribution in [0.4, 0.5) is 0 Å². The van der Waals surface area contributed by atoms with E-state index in [9.17, 15) is 0 Å². The number of hydrogen-bond acceptors (Lipinski definition) is 21. The van der Waals surface area contributed by atoms with Gasteiger partial charge in [-0.05, 0) is 88.0 Å². The Morgan fingerprint density at radius 2 is 0.487 bits per heavy atom. The van der Waals surface area contributed by atoms with Crippen LogP contribution < -0.4 is 0 Å². The Balaban J connectivity index is 0.843. The average Bonchev–Trinajstić information content (AvgIpc) is 4.11. The highest BCUT2D eigenvalue weighted by atomic mass is 28.4. The quantitative estimate of drug-likeness (QED) is 0.0774. The van der Waals surface area contributed by atoms with Gasteiger partial charge in [-0.25, -0.2) is 0 Å². The van der Waals surface area contributed by atoms with Gasteiger partial charge in [-0.1, -0.05) is 0 Å². The van der Waals surface area contributed by atoms with Crippen molar-refractivity contribution in [3.63, 3.8) is 0 Å². The van der Waals surface area contributed by atoms with E-state index in [4.69, 9.17) is 76.8 Å². The molecule has 13 fully saturated rings. The molecule has 13 heterocycles. The van der Waals surface area contributed by atoms with Gasteiger partial charge >= 0.3 is 35.2 Å². The summed E-state index contributed by atoms with van der Waals surface area (Å²) in [4.78, 5) is 9.57. The summed E-state index contributed by atoms with van der Waals surface area (Å²) in [6, 6.07) is 2.67. The summed E-state index contributed by atoms with van der Waals surface area (Å²) in [5.41, 5.74) is 0. The summed E-state index contributed by atoms with van der Waals surface area (Å²) >= 11 is 0. The summed E-state index contributed by atoms with van der Waals surface area (Å²) in [5.74, 6) is 0. The maximum absolute atomic E-state index is 7.26. The van der Waals surface area contributed by atoms with Crippen LogP contribution in [-0.4, -0.2) is 272 Å². The minimum absolute atomic E-state index is 0.0403. The Morgan fingerprint density at radius 1 is 0.289 bits per heavy atom. The Hall–Kier alpha value is 0.0275. The van der Waals surface area contributed by atoms with Crippen LogP contribution in [0.3, 0.4) is 0 Å². The van der Waals surface area contributed by atoms with E-state index in [1.54, 1.807) is 0 Å². The van der Waals surface area contributed by atoms with Crippen molar-refractivity contribution in [2.24, 2.45) is 0 Å². The van der Waals surface area contributed by atoms with Crippen molar-refractivity contribution in [3.05, 3.63) is 0 Å². The van der Waals surface area contributed by atoms with Crippen molar-refractivity contribution in [3.8, 4) is 0 Å². The molecule has 440 valence electrons. The van der Waals surface area contributed by atoms with Crippen LogP contribution >= 0.6 is 0 Å². The van der Waals surface area contributed by atoms with Crippen molar-refractivity contribution < 1.29 is 76.8 Å². The topological polar surface area (TPSA) is 173 Å². The van der Waals surface area contributed by atoms with E-state index in [0.29, 0.717) is 103 Å². The first-order chi connectivity index (χ1) is 36.5. The van der Waals surface area contributed by atoms with Gasteiger partial charge < -0.3 is 76.8 Å². The molecule has 0 aromatic rings. The highest BCUT2D eigenvalue weighted by molar-refractivity contribution is 6.62. The molecule has 0 radical (unpaired) electrons. The Morgan fingerprint density at radius 3 is 0.711 bits per heavy atom. The van der Waals surface area contributed by atoms with Gasteiger partial charge in [0.2, 0.25) is 0 Å². The monoisotopic (exact) mass is 1150 g/mol. The number of nitrogens with zero attached hydrogens (tertiary/aromatic N) is 4. The van der Waals surface area contributed by atoms with Gasteiger partial charge in [-0.3, -0.25) is 19.6 Å². The minimum atomic E-state index is -3.47. The van der Waals surface area contributed by atoms with E-state index in [2.05, 4.69) is 81.9 Å². The van der Waals surface area contributed by atoms with Gasteiger partial charge in [0.15, 0.2) is 0 Å². The van der Waals surface area contributed by atoms with Gasteiger partial charge in [0.25, 0.3) is 0 Å². The van der Waals surface area contributed by atoms with Crippen LogP contribution in [-0.2, 0) is 76.8 Å². The molecule has 13 aliphatic rings. The molecule has 0 aromatic carbocycles. The van der Waals surface area contributed by atoms with Gasteiger partial charge in [0.05, 0.1) is 106 Å². The predicted octanol–water partition coefficient (Wildman–Crippen LogP) is 3.89. The predicted molar refractivity (Wildman–Crippen MR) is 289 cm³/mol. The fourth-order valence-corrected chi connectivity index (χ4v) is 25.4. The second-order valence-electron chi connectivity index (χ2n) is 23.9. The van der Waals surface area contributed by atoms with Crippen LogP contribution in [0, 0.1) is 0 Å². The smallest absolute Gasteiger partial charge is 0.379 e. The Bertz CT molecular complexity index is 1480. The first kappa shape index (κ1) is 60.6. The molecular weight excluding hydrogens is 1050 g/mol. The van der Waals surface area contributed by atoms with Crippen LogP contribution in [0.25, 0.3) is 0 Å². The molecule has 13 aliphatic heterocycles. The molecule has 21 nitrogen and oxygen atoms in total. The van der Waals surface area contributed by atoms with Crippen molar-refractivity contribution in [1.82, 2.24) is 19.6 Å². The zero-order valence-corrected chi connectivity index (χ0v) is 51.7. The van der Waals surface area contributed by atoms with Crippen molar-refractivity contribution in [2.45, 2.75) is 192 Å². The van der Waals surface area contributed by atoms with E-state index >= 15 is 0 Å². The first-order valence-corrected chi connectivity index (χ1v) is 37.2. The lowest BCUT2D eigenvalue weighted by atomic mass is 10.2. The van der Waals surface area contributed by atoms with Gasteiger partial charge in [-0.15, -0.1) is 0 Å². The Kier molecular flexibility index (Phi) is 22.4. The fourth-order valence-electron chi connectivity index (χ4n) is 12.9. The normalized spacial score (nSPS) is 46.0. The van der Waals surface area contributed by atoms with E-state index in [1.807, 2.05) is 0 Å².